The Morgan fingerprint density at radius 3 is 2.52 bits per heavy atom. The zero-order chi connectivity index (χ0) is 16.6. The fourth-order valence-electron chi connectivity index (χ4n) is 2.49. The first-order valence-electron chi connectivity index (χ1n) is 6.82. The molecule has 118 valence electrons. The summed E-state index contributed by atoms with van der Waals surface area (Å²) in [5, 5.41) is 17.0. The van der Waals surface area contributed by atoms with E-state index in [-0.39, 0.29) is 18.1 Å². The van der Waals surface area contributed by atoms with Crippen molar-refractivity contribution in [2.75, 3.05) is 0 Å². The predicted octanol–water partition coefficient (Wildman–Crippen LogP) is 2.62. The van der Waals surface area contributed by atoms with Crippen molar-refractivity contribution in [3.63, 3.8) is 0 Å². The molecular formula is C15H13N3O4S. The molecule has 1 aliphatic heterocycles. The van der Waals surface area contributed by atoms with Crippen molar-refractivity contribution in [3.05, 3.63) is 62.3 Å². The molecule has 1 aromatic heterocycles. The SMILES string of the molecule is CC1(c2ccsc2)NC(=O)N(Cc2ccc([N+](=O)[O-])cc2)C1=O. The Labute approximate surface area is 135 Å². The number of nitrogens with one attached hydrogen (secondary N) is 1. The first-order chi connectivity index (χ1) is 10.9. The van der Waals surface area contributed by atoms with Crippen LogP contribution in [0, 0.1) is 10.1 Å². The molecular weight excluding hydrogens is 318 g/mol. The second-order valence-electron chi connectivity index (χ2n) is 5.38. The molecule has 0 saturated carbocycles. The summed E-state index contributed by atoms with van der Waals surface area (Å²) in [5.74, 6) is -0.334. The van der Waals surface area contributed by atoms with Gasteiger partial charge in [-0.1, -0.05) is 12.1 Å². The molecule has 0 radical (unpaired) electrons. The highest BCUT2D eigenvalue weighted by Gasteiger charge is 2.49. The Morgan fingerprint density at radius 2 is 1.96 bits per heavy atom. The van der Waals surface area contributed by atoms with Crippen molar-refractivity contribution in [1.82, 2.24) is 10.2 Å². The normalized spacial score (nSPS) is 20.7. The van der Waals surface area contributed by atoms with E-state index in [1.54, 1.807) is 25.1 Å². The van der Waals surface area contributed by atoms with Crippen molar-refractivity contribution < 1.29 is 14.5 Å². The molecule has 1 atom stereocenters. The van der Waals surface area contributed by atoms with Gasteiger partial charge in [0.2, 0.25) is 0 Å². The van der Waals surface area contributed by atoms with Gasteiger partial charge in [-0.2, -0.15) is 11.3 Å². The van der Waals surface area contributed by atoms with E-state index < -0.39 is 16.5 Å². The molecule has 1 unspecified atom stereocenters. The minimum absolute atomic E-state index is 0.0333. The fourth-order valence-corrected chi connectivity index (χ4v) is 3.26. The Bertz CT molecular complexity index is 773. The van der Waals surface area contributed by atoms with Crippen LogP contribution in [0.15, 0.2) is 41.1 Å². The number of carbonyl (C=O) groups excluding carboxylic acids is 2. The van der Waals surface area contributed by atoms with E-state index in [4.69, 9.17) is 0 Å². The monoisotopic (exact) mass is 331 g/mol. The van der Waals surface area contributed by atoms with Gasteiger partial charge >= 0.3 is 6.03 Å². The van der Waals surface area contributed by atoms with E-state index in [2.05, 4.69) is 5.32 Å². The molecule has 0 bridgehead atoms. The van der Waals surface area contributed by atoms with Gasteiger partial charge in [-0.05, 0) is 34.9 Å². The molecule has 1 aromatic carbocycles. The molecule has 1 N–H and O–H groups in total. The molecule has 1 saturated heterocycles. The van der Waals surface area contributed by atoms with Gasteiger partial charge in [0, 0.05) is 12.1 Å². The van der Waals surface area contributed by atoms with Crippen LogP contribution in [0.3, 0.4) is 0 Å². The summed E-state index contributed by atoms with van der Waals surface area (Å²) < 4.78 is 0. The van der Waals surface area contributed by atoms with Crippen LogP contribution in [0.25, 0.3) is 0 Å². The lowest BCUT2D eigenvalue weighted by atomic mass is 9.95. The minimum atomic E-state index is -1.07. The Morgan fingerprint density at radius 1 is 1.26 bits per heavy atom. The van der Waals surface area contributed by atoms with Crippen LogP contribution in [0.5, 0.6) is 0 Å². The summed E-state index contributed by atoms with van der Waals surface area (Å²) in [6.45, 7) is 1.74. The highest BCUT2D eigenvalue weighted by atomic mass is 32.1. The number of carbonyl (C=O) groups is 2. The number of imide groups is 1. The van der Waals surface area contributed by atoms with Crippen molar-refractivity contribution in [2.24, 2.45) is 0 Å². The van der Waals surface area contributed by atoms with Crippen LogP contribution in [0.1, 0.15) is 18.1 Å². The number of rotatable bonds is 4. The molecule has 7 nitrogen and oxygen atoms in total. The van der Waals surface area contributed by atoms with Gasteiger partial charge in [-0.15, -0.1) is 0 Å². The van der Waals surface area contributed by atoms with Crippen LogP contribution in [-0.2, 0) is 16.9 Å². The Hall–Kier alpha value is -2.74. The third-order valence-corrected chi connectivity index (χ3v) is 4.54. The zero-order valence-electron chi connectivity index (χ0n) is 12.2. The summed E-state index contributed by atoms with van der Waals surface area (Å²) >= 11 is 1.45. The van der Waals surface area contributed by atoms with Gasteiger partial charge in [-0.25, -0.2) is 4.79 Å². The maximum absolute atomic E-state index is 12.7. The molecule has 0 spiro atoms. The first kappa shape index (κ1) is 15.2. The Balaban J connectivity index is 1.82. The van der Waals surface area contributed by atoms with E-state index >= 15 is 0 Å². The number of non-ortho nitro benzene ring substituents is 1. The number of nitrogens with zero attached hydrogens (tertiary/aromatic N) is 2. The highest BCUT2D eigenvalue weighted by molar-refractivity contribution is 7.08. The van der Waals surface area contributed by atoms with E-state index in [9.17, 15) is 19.7 Å². The van der Waals surface area contributed by atoms with E-state index in [1.165, 1.54) is 23.5 Å². The van der Waals surface area contributed by atoms with Gasteiger partial charge in [0.1, 0.15) is 5.54 Å². The van der Waals surface area contributed by atoms with Gasteiger partial charge in [-0.3, -0.25) is 19.8 Å². The topological polar surface area (TPSA) is 92.6 Å². The number of hydrogen-bond donors (Lipinski definition) is 1. The van der Waals surface area contributed by atoms with Crippen LogP contribution >= 0.6 is 11.3 Å². The van der Waals surface area contributed by atoms with Crippen molar-refractivity contribution in [2.45, 2.75) is 19.0 Å². The highest BCUT2D eigenvalue weighted by Crippen LogP contribution is 2.31. The first-order valence-corrected chi connectivity index (χ1v) is 7.76. The van der Waals surface area contributed by atoms with Gasteiger partial charge < -0.3 is 5.32 Å². The average molecular weight is 331 g/mol. The van der Waals surface area contributed by atoms with Gasteiger partial charge in [0.25, 0.3) is 11.6 Å². The lowest BCUT2D eigenvalue weighted by Gasteiger charge is -2.20. The third kappa shape index (κ3) is 2.57. The minimum Gasteiger partial charge on any atom is -0.319 e. The molecule has 23 heavy (non-hydrogen) atoms. The Kier molecular flexibility index (Phi) is 3.61. The number of urea groups is 1. The standard InChI is InChI=1S/C15H13N3O4S/c1-15(11-6-7-23-9-11)13(19)17(14(20)16-15)8-10-2-4-12(5-3-10)18(21)22/h2-7,9H,8H2,1H3,(H,16,20). The molecule has 1 aliphatic rings. The van der Waals surface area contributed by atoms with Crippen LogP contribution in [-0.4, -0.2) is 21.8 Å². The lowest BCUT2D eigenvalue weighted by molar-refractivity contribution is -0.384. The van der Waals surface area contributed by atoms with E-state index in [0.717, 1.165) is 10.5 Å². The number of amides is 3. The largest absolute Gasteiger partial charge is 0.325 e. The number of benzene rings is 1. The van der Waals surface area contributed by atoms with Crippen LogP contribution in [0.4, 0.5) is 10.5 Å². The van der Waals surface area contributed by atoms with E-state index in [1.807, 2.05) is 10.8 Å². The summed E-state index contributed by atoms with van der Waals surface area (Å²) in [6.07, 6.45) is 0. The summed E-state index contributed by atoms with van der Waals surface area (Å²) in [7, 11) is 0. The van der Waals surface area contributed by atoms with Crippen molar-refractivity contribution in [3.8, 4) is 0 Å². The molecule has 0 aliphatic carbocycles. The molecule has 2 aromatic rings. The summed E-state index contributed by atoms with van der Waals surface area (Å²) in [5.41, 5.74) is 0.285. The number of thiophene rings is 1. The predicted molar refractivity (Wildman–Crippen MR) is 83.8 cm³/mol. The van der Waals surface area contributed by atoms with Gasteiger partial charge in [0.15, 0.2) is 0 Å². The molecule has 3 amide bonds. The quantitative estimate of drug-likeness (QED) is 0.529. The maximum Gasteiger partial charge on any atom is 0.325 e. The number of hydrogen-bond acceptors (Lipinski definition) is 5. The average Bonchev–Trinajstić information content (AvgIpc) is 3.12. The smallest absolute Gasteiger partial charge is 0.319 e. The van der Waals surface area contributed by atoms with Crippen LogP contribution < -0.4 is 5.32 Å². The third-order valence-electron chi connectivity index (χ3n) is 3.86. The summed E-state index contributed by atoms with van der Waals surface area (Å²) in [6, 6.07) is 7.12. The number of nitro benzene ring substituents is 1. The molecule has 8 heteroatoms. The van der Waals surface area contributed by atoms with E-state index in [0.29, 0.717) is 5.56 Å². The molecule has 2 heterocycles. The fraction of sp³-hybridized carbons (Fsp3) is 0.200. The van der Waals surface area contributed by atoms with Gasteiger partial charge in [0.05, 0.1) is 11.5 Å². The lowest BCUT2D eigenvalue weighted by Crippen LogP contribution is -2.40. The summed E-state index contributed by atoms with van der Waals surface area (Å²) in [4.78, 5) is 36.1. The maximum atomic E-state index is 12.7. The molecule has 1 fully saturated rings. The van der Waals surface area contributed by atoms with Crippen molar-refractivity contribution >= 4 is 29.0 Å². The second-order valence-corrected chi connectivity index (χ2v) is 6.16. The molecule has 3 rings (SSSR count). The number of nitro groups is 1. The second kappa shape index (κ2) is 5.47. The zero-order valence-corrected chi connectivity index (χ0v) is 13.0. The van der Waals surface area contributed by atoms with Crippen molar-refractivity contribution in [1.29, 1.82) is 0 Å². The van der Waals surface area contributed by atoms with Crippen LogP contribution in [0.2, 0.25) is 0 Å².